The van der Waals surface area contributed by atoms with Crippen molar-refractivity contribution in [1.82, 2.24) is 10.6 Å². The van der Waals surface area contributed by atoms with Crippen LogP contribution in [-0.4, -0.2) is 35.3 Å². The monoisotopic (exact) mass is 319 g/mol. The molecule has 0 fully saturated rings. The lowest BCUT2D eigenvalue weighted by Gasteiger charge is -2.21. The van der Waals surface area contributed by atoms with Crippen LogP contribution in [0.25, 0.3) is 0 Å². The maximum Gasteiger partial charge on any atom is 0.251 e. The number of benzene rings is 1. The molecule has 0 radical (unpaired) electrons. The highest BCUT2D eigenvalue weighted by atomic mass is 32.2. The maximum atomic E-state index is 12.3. The Balaban J connectivity index is 2.02. The summed E-state index contributed by atoms with van der Waals surface area (Å²) in [6, 6.07) is 6.69. The molecule has 1 unspecified atom stereocenters. The number of hydrogen-bond donors (Lipinski definition) is 2. The predicted octanol–water partition coefficient (Wildman–Crippen LogP) is 1.97. The molecule has 0 spiro atoms. The fourth-order valence-corrected chi connectivity index (χ4v) is 2.79. The van der Waals surface area contributed by atoms with Gasteiger partial charge in [0, 0.05) is 11.3 Å². The van der Waals surface area contributed by atoms with Gasteiger partial charge in [-0.05, 0) is 25.0 Å². The molecule has 2 amide bonds. The number of amidine groups is 1. The summed E-state index contributed by atoms with van der Waals surface area (Å²) in [7, 11) is 0. The van der Waals surface area contributed by atoms with Crippen LogP contribution in [0.15, 0.2) is 29.3 Å². The summed E-state index contributed by atoms with van der Waals surface area (Å²) >= 11 is 1.52. The zero-order valence-corrected chi connectivity index (χ0v) is 13.9. The molecule has 0 aliphatic carbocycles. The van der Waals surface area contributed by atoms with Crippen LogP contribution in [0.2, 0.25) is 0 Å². The van der Waals surface area contributed by atoms with Crippen molar-refractivity contribution in [3.63, 3.8) is 0 Å². The van der Waals surface area contributed by atoms with Crippen molar-refractivity contribution in [3.05, 3.63) is 35.4 Å². The highest BCUT2D eigenvalue weighted by molar-refractivity contribution is 8.14. The minimum absolute atomic E-state index is 0.0126. The molecule has 1 atom stereocenters. The van der Waals surface area contributed by atoms with Crippen molar-refractivity contribution in [3.8, 4) is 0 Å². The normalized spacial score (nSPS) is 15.4. The molecular formula is C16H21N3O2S. The second-order valence-electron chi connectivity index (χ2n) is 5.59. The third-order valence-electron chi connectivity index (χ3n) is 3.37. The topological polar surface area (TPSA) is 70.6 Å². The van der Waals surface area contributed by atoms with Crippen LogP contribution >= 0.6 is 11.8 Å². The van der Waals surface area contributed by atoms with E-state index in [-0.39, 0.29) is 17.7 Å². The van der Waals surface area contributed by atoms with E-state index in [0.717, 1.165) is 17.9 Å². The summed E-state index contributed by atoms with van der Waals surface area (Å²) in [4.78, 5) is 28.8. The third kappa shape index (κ3) is 4.34. The zero-order chi connectivity index (χ0) is 16.1. The first-order chi connectivity index (χ1) is 10.5. The maximum absolute atomic E-state index is 12.3. The van der Waals surface area contributed by atoms with E-state index in [1.54, 1.807) is 12.1 Å². The van der Waals surface area contributed by atoms with Crippen LogP contribution in [0.1, 0.15) is 29.8 Å². The van der Waals surface area contributed by atoms with Gasteiger partial charge in [-0.1, -0.05) is 43.3 Å². The highest BCUT2D eigenvalue weighted by Crippen LogP contribution is 2.11. The first-order valence-corrected chi connectivity index (χ1v) is 8.31. The quantitative estimate of drug-likeness (QED) is 0.891. The van der Waals surface area contributed by atoms with Crippen molar-refractivity contribution in [1.29, 1.82) is 0 Å². The fourth-order valence-electron chi connectivity index (χ4n) is 2.06. The molecule has 1 heterocycles. The van der Waals surface area contributed by atoms with Crippen LogP contribution in [0, 0.1) is 12.8 Å². The van der Waals surface area contributed by atoms with E-state index < -0.39 is 6.04 Å². The Labute approximate surface area is 135 Å². The molecule has 118 valence electrons. The van der Waals surface area contributed by atoms with Crippen LogP contribution < -0.4 is 10.6 Å². The number of carbonyl (C=O) groups is 2. The molecule has 2 rings (SSSR count). The summed E-state index contributed by atoms with van der Waals surface area (Å²) in [5.74, 6) is 0.414. The Morgan fingerprint density at radius 1 is 1.23 bits per heavy atom. The number of carbonyl (C=O) groups excluding carboxylic acids is 2. The second kappa shape index (κ2) is 7.45. The molecule has 6 heteroatoms. The average molecular weight is 319 g/mol. The Bertz CT molecular complexity index is 582. The van der Waals surface area contributed by atoms with E-state index in [9.17, 15) is 9.59 Å². The van der Waals surface area contributed by atoms with E-state index in [4.69, 9.17) is 0 Å². The Hall–Kier alpha value is -1.82. The first kappa shape index (κ1) is 16.5. The lowest BCUT2D eigenvalue weighted by atomic mass is 10.0. The van der Waals surface area contributed by atoms with Gasteiger partial charge in [-0.2, -0.15) is 0 Å². The molecule has 0 bridgehead atoms. The van der Waals surface area contributed by atoms with Crippen molar-refractivity contribution in [2.75, 3.05) is 12.3 Å². The second-order valence-corrected chi connectivity index (χ2v) is 6.67. The van der Waals surface area contributed by atoms with Gasteiger partial charge in [0.25, 0.3) is 5.91 Å². The molecule has 1 aromatic carbocycles. The molecule has 2 N–H and O–H groups in total. The third-order valence-corrected chi connectivity index (χ3v) is 4.26. The van der Waals surface area contributed by atoms with Gasteiger partial charge in [-0.25, -0.2) is 0 Å². The van der Waals surface area contributed by atoms with E-state index in [1.807, 2.05) is 32.9 Å². The van der Waals surface area contributed by atoms with Gasteiger partial charge in [0.15, 0.2) is 5.17 Å². The van der Waals surface area contributed by atoms with Gasteiger partial charge < -0.3 is 10.6 Å². The molecule has 0 saturated carbocycles. The van der Waals surface area contributed by atoms with Crippen LogP contribution in [0.4, 0.5) is 0 Å². The molecule has 5 nitrogen and oxygen atoms in total. The van der Waals surface area contributed by atoms with E-state index in [2.05, 4.69) is 15.6 Å². The van der Waals surface area contributed by atoms with Crippen molar-refractivity contribution in [2.45, 2.75) is 26.8 Å². The molecule has 22 heavy (non-hydrogen) atoms. The molecule has 0 saturated heterocycles. The largest absolute Gasteiger partial charge is 0.340 e. The fraction of sp³-hybridized carbons (Fsp3) is 0.438. The molecule has 0 aromatic heterocycles. The zero-order valence-electron chi connectivity index (χ0n) is 13.1. The Kier molecular flexibility index (Phi) is 5.60. The number of aliphatic imine (C=N–C) groups is 1. The number of rotatable bonds is 4. The van der Waals surface area contributed by atoms with E-state index in [0.29, 0.717) is 10.7 Å². The summed E-state index contributed by atoms with van der Waals surface area (Å²) in [6.45, 7) is 6.50. The summed E-state index contributed by atoms with van der Waals surface area (Å²) < 4.78 is 0. The Morgan fingerprint density at radius 2 is 1.91 bits per heavy atom. The van der Waals surface area contributed by atoms with Crippen molar-refractivity contribution >= 4 is 28.7 Å². The van der Waals surface area contributed by atoms with Gasteiger partial charge in [0.05, 0.1) is 6.54 Å². The Morgan fingerprint density at radius 3 is 2.45 bits per heavy atom. The summed E-state index contributed by atoms with van der Waals surface area (Å²) in [5.41, 5.74) is 1.64. The van der Waals surface area contributed by atoms with Gasteiger partial charge in [-0.3, -0.25) is 14.6 Å². The number of hydrogen-bond acceptors (Lipinski definition) is 4. The van der Waals surface area contributed by atoms with Gasteiger partial charge in [-0.15, -0.1) is 0 Å². The van der Waals surface area contributed by atoms with Crippen LogP contribution in [0.5, 0.6) is 0 Å². The molecular weight excluding hydrogens is 298 g/mol. The molecule has 1 aromatic rings. The van der Waals surface area contributed by atoms with Gasteiger partial charge in [0.2, 0.25) is 5.91 Å². The lowest BCUT2D eigenvalue weighted by molar-refractivity contribution is -0.122. The number of nitrogens with zero attached hydrogens (tertiary/aromatic N) is 1. The highest BCUT2D eigenvalue weighted by Gasteiger charge is 2.26. The van der Waals surface area contributed by atoms with Gasteiger partial charge >= 0.3 is 0 Å². The first-order valence-electron chi connectivity index (χ1n) is 7.33. The molecule has 1 aliphatic rings. The minimum Gasteiger partial charge on any atom is -0.340 e. The van der Waals surface area contributed by atoms with Crippen molar-refractivity contribution in [2.24, 2.45) is 10.9 Å². The standard InChI is InChI=1S/C16H21N3O2S/c1-10(2)13(15(21)19-16-17-8-9-22-16)18-14(20)12-6-4-11(3)5-7-12/h4-7,10,13H,8-9H2,1-3H3,(H,18,20)(H,17,19,21). The van der Waals surface area contributed by atoms with E-state index in [1.165, 1.54) is 11.8 Å². The number of amides is 2. The van der Waals surface area contributed by atoms with Crippen LogP contribution in [-0.2, 0) is 4.79 Å². The van der Waals surface area contributed by atoms with E-state index >= 15 is 0 Å². The summed E-state index contributed by atoms with van der Waals surface area (Å²) in [5, 5.41) is 6.24. The predicted molar refractivity (Wildman–Crippen MR) is 90.2 cm³/mol. The lowest BCUT2D eigenvalue weighted by Crippen LogP contribution is -2.50. The number of aryl methyl sites for hydroxylation is 1. The van der Waals surface area contributed by atoms with Crippen molar-refractivity contribution < 1.29 is 9.59 Å². The molecule has 1 aliphatic heterocycles. The van der Waals surface area contributed by atoms with Gasteiger partial charge in [0.1, 0.15) is 6.04 Å². The number of thioether (sulfide) groups is 1. The SMILES string of the molecule is Cc1ccc(C(=O)NC(C(=O)NC2=NCCS2)C(C)C)cc1. The summed E-state index contributed by atoms with van der Waals surface area (Å²) in [6.07, 6.45) is 0. The minimum atomic E-state index is -0.585. The number of nitrogens with one attached hydrogen (secondary N) is 2. The average Bonchev–Trinajstić information content (AvgIpc) is 2.97. The smallest absolute Gasteiger partial charge is 0.251 e. The van der Waals surface area contributed by atoms with Crippen LogP contribution in [0.3, 0.4) is 0 Å².